The average molecular weight is 538 g/mol. The second-order valence-corrected chi connectivity index (χ2v) is 10.2. The van der Waals surface area contributed by atoms with Crippen LogP contribution < -0.4 is 9.80 Å². The molecule has 3 aromatic carbocycles. The molecule has 0 radical (unpaired) electrons. The summed E-state index contributed by atoms with van der Waals surface area (Å²) in [6.07, 6.45) is 5.78. The Labute approximate surface area is 235 Å². The lowest BCUT2D eigenvalue weighted by Crippen LogP contribution is -2.47. The Morgan fingerprint density at radius 2 is 1.62 bits per heavy atom. The summed E-state index contributed by atoms with van der Waals surface area (Å²) in [5, 5.41) is 0. The molecule has 0 bridgehead atoms. The number of carbonyl (C=O) groups is 3. The number of rotatable bonds is 7. The smallest absolute Gasteiger partial charge is 0.397 e. The first-order valence-electron chi connectivity index (χ1n) is 14.0. The minimum absolute atomic E-state index is 0.00797. The van der Waals surface area contributed by atoms with Gasteiger partial charge in [0, 0.05) is 49.7 Å². The Balaban J connectivity index is 1.39. The Bertz CT molecular complexity index is 1360. The molecule has 0 unspecified atom stereocenters. The van der Waals surface area contributed by atoms with Crippen LogP contribution in [0.15, 0.2) is 84.9 Å². The molecule has 7 nitrogen and oxygen atoms in total. The molecule has 7 heteroatoms. The first-order valence-corrected chi connectivity index (χ1v) is 14.0. The molecule has 206 valence electrons. The lowest BCUT2D eigenvalue weighted by atomic mass is 10.0. The maximum atomic E-state index is 13.8. The van der Waals surface area contributed by atoms with Crippen LogP contribution in [0.25, 0.3) is 6.08 Å². The number of likely N-dealkylation sites (tertiary alicyclic amines) is 1. The van der Waals surface area contributed by atoms with Crippen LogP contribution in [0, 0.1) is 0 Å². The van der Waals surface area contributed by atoms with Crippen LogP contribution in [0.2, 0.25) is 0 Å². The van der Waals surface area contributed by atoms with Crippen LogP contribution in [0.4, 0.5) is 11.4 Å². The maximum Gasteiger partial charge on any atom is 0.397 e. The number of amides is 2. The molecule has 0 saturated carbocycles. The zero-order valence-corrected chi connectivity index (χ0v) is 22.9. The van der Waals surface area contributed by atoms with E-state index in [9.17, 15) is 14.4 Å². The number of carbonyl (C=O) groups excluding carboxylic acids is 3. The Morgan fingerprint density at radius 1 is 0.925 bits per heavy atom. The second kappa shape index (κ2) is 12.7. The van der Waals surface area contributed by atoms with E-state index < -0.39 is 11.9 Å². The second-order valence-electron chi connectivity index (χ2n) is 10.2. The highest BCUT2D eigenvalue weighted by molar-refractivity contribution is 6.38. The number of nitrogens with zero attached hydrogens (tertiary/aromatic N) is 3. The van der Waals surface area contributed by atoms with Gasteiger partial charge in [0.2, 0.25) is 0 Å². The zero-order valence-electron chi connectivity index (χ0n) is 22.9. The fraction of sp³-hybridized carbons (Fsp3) is 0.303. The summed E-state index contributed by atoms with van der Waals surface area (Å²) >= 11 is 0. The predicted molar refractivity (Wildman–Crippen MR) is 157 cm³/mol. The van der Waals surface area contributed by atoms with E-state index in [0.717, 1.165) is 49.3 Å². The molecular weight excluding hydrogens is 502 g/mol. The molecule has 0 aliphatic carbocycles. The topological polar surface area (TPSA) is 70.2 Å². The number of piperidine rings is 1. The fourth-order valence-corrected chi connectivity index (χ4v) is 5.54. The van der Waals surface area contributed by atoms with E-state index in [2.05, 4.69) is 29.2 Å². The van der Waals surface area contributed by atoms with Gasteiger partial charge in [-0.25, -0.2) is 4.79 Å². The van der Waals surface area contributed by atoms with Crippen molar-refractivity contribution in [1.82, 2.24) is 4.90 Å². The van der Waals surface area contributed by atoms with Gasteiger partial charge in [-0.2, -0.15) is 0 Å². The van der Waals surface area contributed by atoms with Crippen LogP contribution in [-0.4, -0.2) is 55.0 Å². The fourth-order valence-electron chi connectivity index (χ4n) is 5.54. The number of benzene rings is 3. The third kappa shape index (κ3) is 6.32. The summed E-state index contributed by atoms with van der Waals surface area (Å²) in [6, 6.07) is 26.0. The van der Waals surface area contributed by atoms with Crippen molar-refractivity contribution in [3.63, 3.8) is 0 Å². The molecule has 0 atom stereocenters. The van der Waals surface area contributed by atoms with E-state index >= 15 is 0 Å². The number of fused-ring (bicyclic) bond motifs is 1. The normalized spacial score (nSPS) is 15.7. The van der Waals surface area contributed by atoms with E-state index in [1.54, 1.807) is 13.0 Å². The standard InChI is InChI=1S/C33H35N3O4/c1-2-40-33(39)32(38)35-22-17-27-14-15-29(23-30(27)35)36(31(37)16-13-25-9-5-3-6-10-25)28-18-20-34(21-19-28)24-26-11-7-4-8-12-26/h3-16,23,28H,2,17-22,24H2,1H3. The van der Waals surface area contributed by atoms with Gasteiger partial charge in [-0.15, -0.1) is 0 Å². The summed E-state index contributed by atoms with van der Waals surface area (Å²) in [5.74, 6) is -1.63. The van der Waals surface area contributed by atoms with Crippen molar-refractivity contribution in [2.45, 2.75) is 38.8 Å². The number of ether oxygens (including phenoxy) is 1. The molecule has 2 aliphatic rings. The first kappa shape index (κ1) is 27.3. The molecule has 0 N–H and O–H groups in total. The number of esters is 1. The van der Waals surface area contributed by atoms with Crippen molar-refractivity contribution >= 4 is 35.2 Å². The van der Waals surface area contributed by atoms with Crippen molar-refractivity contribution in [1.29, 1.82) is 0 Å². The Hall–Kier alpha value is -4.23. The minimum Gasteiger partial charge on any atom is -0.459 e. The van der Waals surface area contributed by atoms with Crippen LogP contribution >= 0.6 is 0 Å². The predicted octanol–water partition coefficient (Wildman–Crippen LogP) is 4.85. The molecule has 1 fully saturated rings. The number of anilines is 2. The number of hydrogen-bond donors (Lipinski definition) is 0. The third-order valence-corrected chi connectivity index (χ3v) is 7.56. The SMILES string of the molecule is CCOC(=O)C(=O)N1CCc2ccc(N(C(=O)C=Cc3ccccc3)C3CCN(Cc4ccccc4)CC3)cc21. The average Bonchev–Trinajstić information content (AvgIpc) is 3.41. The van der Waals surface area contributed by atoms with Crippen LogP contribution in [0.5, 0.6) is 0 Å². The minimum atomic E-state index is -0.856. The largest absolute Gasteiger partial charge is 0.459 e. The van der Waals surface area contributed by atoms with Crippen LogP contribution in [0.1, 0.15) is 36.5 Å². The molecule has 2 aliphatic heterocycles. The van der Waals surface area contributed by atoms with Gasteiger partial charge in [0.15, 0.2) is 0 Å². The van der Waals surface area contributed by atoms with Crippen LogP contribution in [-0.2, 0) is 32.1 Å². The highest BCUT2D eigenvalue weighted by Crippen LogP contribution is 2.35. The molecule has 0 aromatic heterocycles. The third-order valence-electron chi connectivity index (χ3n) is 7.56. The van der Waals surface area contributed by atoms with Crippen molar-refractivity contribution in [2.24, 2.45) is 0 Å². The highest BCUT2D eigenvalue weighted by Gasteiger charge is 2.33. The summed E-state index contributed by atoms with van der Waals surface area (Å²) in [4.78, 5) is 44.6. The summed E-state index contributed by atoms with van der Waals surface area (Å²) in [5.41, 5.74) is 4.61. The van der Waals surface area contributed by atoms with Crippen LogP contribution in [0.3, 0.4) is 0 Å². The summed E-state index contributed by atoms with van der Waals surface area (Å²) < 4.78 is 4.96. The van der Waals surface area contributed by atoms with E-state index in [1.807, 2.05) is 65.6 Å². The van der Waals surface area contributed by atoms with E-state index in [4.69, 9.17) is 4.74 Å². The van der Waals surface area contributed by atoms with E-state index in [-0.39, 0.29) is 18.6 Å². The molecular formula is C33H35N3O4. The quantitative estimate of drug-likeness (QED) is 0.245. The van der Waals surface area contributed by atoms with Gasteiger partial charge < -0.3 is 14.5 Å². The van der Waals surface area contributed by atoms with Gasteiger partial charge in [0.1, 0.15) is 0 Å². The molecule has 2 heterocycles. The van der Waals surface area contributed by atoms with Crippen molar-refractivity contribution in [2.75, 3.05) is 36.0 Å². The maximum absolute atomic E-state index is 13.8. The molecule has 1 saturated heterocycles. The van der Waals surface area contributed by atoms with Gasteiger partial charge in [-0.1, -0.05) is 66.7 Å². The molecule has 40 heavy (non-hydrogen) atoms. The van der Waals surface area contributed by atoms with Gasteiger partial charge >= 0.3 is 11.9 Å². The van der Waals surface area contributed by atoms with E-state index in [0.29, 0.717) is 18.7 Å². The highest BCUT2D eigenvalue weighted by atomic mass is 16.5. The first-order chi connectivity index (χ1) is 19.5. The zero-order chi connectivity index (χ0) is 27.9. The molecule has 5 rings (SSSR count). The Kier molecular flexibility index (Phi) is 8.71. The monoisotopic (exact) mass is 537 g/mol. The molecule has 3 aromatic rings. The molecule has 0 spiro atoms. The van der Waals surface area contributed by atoms with Crippen molar-refractivity contribution < 1.29 is 19.1 Å². The van der Waals surface area contributed by atoms with Crippen molar-refractivity contribution in [3.8, 4) is 0 Å². The lowest BCUT2D eigenvalue weighted by Gasteiger charge is -2.38. The summed E-state index contributed by atoms with van der Waals surface area (Å²) in [7, 11) is 0. The van der Waals surface area contributed by atoms with Gasteiger partial charge in [0.05, 0.1) is 6.61 Å². The van der Waals surface area contributed by atoms with Gasteiger partial charge in [-0.3, -0.25) is 14.5 Å². The molecule has 2 amide bonds. The van der Waals surface area contributed by atoms with Gasteiger partial charge in [-0.05, 0) is 61.1 Å². The number of hydrogen-bond acceptors (Lipinski definition) is 5. The Morgan fingerprint density at radius 3 is 2.33 bits per heavy atom. The lowest BCUT2D eigenvalue weighted by molar-refractivity contribution is -0.153. The van der Waals surface area contributed by atoms with Gasteiger partial charge in [0.25, 0.3) is 5.91 Å². The summed E-state index contributed by atoms with van der Waals surface area (Å²) in [6.45, 7) is 4.88. The van der Waals surface area contributed by atoms with E-state index in [1.165, 1.54) is 10.5 Å². The van der Waals surface area contributed by atoms with Crippen molar-refractivity contribution in [3.05, 3.63) is 102 Å².